The molecule has 1 fully saturated rings. The molecule has 0 saturated carbocycles. The Kier molecular flexibility index (Phi) is 1.87. The molecule has 0 spiro atoms. The molecule has 0 aromatic heterocycles. The molecule has 0 aromatic rings. The lowest BCUT2D eigenvalue weighted by molar-refractivity contribution is -0.131. The van der Waals surface area contributed by atoms with Crippen molar-refractivity contribution in [1.29, 1.82) is 0 Å². The van der Waals surface area contributed by atoms with Gasteiger partial charge in [0, 0.05) is 6.08 Å². The molecule has 4 atom stereocenters. The molecule has 72 valence electrons. The maximum Gasteiger partial charge on any atom is 0.246 e. The normalized spacial score (nSPS) is 43.9. The molecule has 2 aliphatic heterocycles. The summed E-state index contributed by atoms with van der Waals surface area (Å²) in [6.07, 6.45) is -0.298. The highest BCUT2D eigenvalue weighted by atomic mass is 16.3. The average molecular weight is 185 g/mol. The van der Waals surface area contributed by atoms with Crippen LogP contribution in [0.1, 0.15) is 0 Å². The quantitative estimate of drug-likeness (QED) is 0.402. The lowest BCUT2D eigenvalue weighted by Gasteiger charge is -2.30. The molecule has 2 heterocycles. The van der Waals surface area contributed by atoms with Gasteiger partial charge in [-0.25, -0.2) is 0 Å². The van der Waals surface area contributed by atoms with Gasteiger partial charge < -0.3 is 20.2 Å². The second kappa shape index (κ2) is 2.80. The van der Waals surface area contributed by atoms with E-state index in [0.29, 0.717) is 0 Å². The van der Waals surface area contributed by atoms with Crippen LogP contribution in [0.15, 0.2) is 12.2 Å². The van der Waals surface area contributed by atoms with Gasteiger partial charge in [-0.05, 0) is 6.08 Å². The first kappa shape index (κ1) is 8.68. The molecular weight excluding hydrogens is 174 g/mol. The van der Waals surface area contributed by atoms with Crippen LogP contribution in [0.2, 0.25) is 0 Å². The summed E-state index contributed by atoms with van der Waals surface area (Å²) < 4.78 is 0. The molecule has 1 saturated heterocycles. The monoisotopic (exact) mass is 185 g/mol. The standard InChI is InChI=1S/C8H11NO4/c10-4-1-2-6(12)9-3-5(11)8(13)7(4)9/h1-2,4-5,7-8,10-11,13H,3H2/t4-,5+,7-,8-/m1/s1. The Morgan fingerprint density at radius 3 is 2.69 bits per heavy atom. The predicted octanol–water partition coefficient (Wildman–Crippen LogP) is -2.15. The Morgan fingerprint density at radius 1 is 1.38 bits per heavy atom. The third-order valence-corrected chi connectivity index (χ3v) is 2.56. The molecule has 0 unspecified atom stereocenters. The summed E-state index contributed by atoms with van der Waals surface area (Å²) in [4.78, 5) is 12.5. The second-order valence-electron chi connectivity index (χ2n) is 3.39. The molecule has 5 nitrogen and oxygen atoms in total. The van der Waals surface area contributed by atoms with Crippen LogP contribution in [-0.2, 0) is 4.79 Å². The minimum absolute atomic E-state index is 0.0894. The van der Waals surface area contributed by atoms with E-state index in [1.54, 1.807) is 0 Å². The summed E-state index contributed by atoms with van der Waals surface area (Å²) in [7, 11) is 0. The summed E-state index contributed by atoms with van der Waals surface area (Å²) in [5.74, 6) is -0.272. The summed E-state index contributed by atoms with van der Waals surface area (Å²) in [5, 5.41) is 28.2. The van der Waals surface area contributed by atoms with Crippen molar-refractivity contribution in [1.82, 2.24) is 4.90 Å². The molecule has 13 heavy (non-hydrogen) atoms. The Bertz CT molecular complexity index is 265. The Labute approximate surface area is 74.9 Å². The number of carbonyl (C=O) groups is 1. The maximum absolute atomic E-state index is 11.2. The van der Waals surface area contributed by atoms with Gasteiger partial charge in [0.15, 0.2) is 0 Å². The zero-order chi connectivity index (χ0) is 9.59. The average Bonchev–Trinajstić information content (AvgIpc) is 2.38. The van der Waals surface area contributed by atoms with Gasteiger partial charge in [-0.1, -0.05) is 0 Å². The fourth-order valence-electron chi connectivity index (χ4n) is 1.86. The number of carbonyl (C=O) groups excluding carboxylic acids is 1. The van der Waals surface area contributed by atoms with E-state index < -0.39 is 24.4 Å². The van der Waals surface area contributed by atoms with Crippen molar-refractivity contribution in [3.8, 4) is 0 Å². The van der Waals surface area contributed by atoms with E-state index >= 15 is 0 Å². The number of aliphatic hydroxyl groups is 3. The molecule has 2 rings (SSSR count). The lowest BCUT2D eigenvalue weighted by Crippen LogP contribution is -2.49. The van der Waals surface area contributed by atoms with Crippen LogP contribution in [0.4, 0.5) is 0 Å². The van der Waals surface area contributed by atoms with Gasteiger partial charge in [0.25, 0.3) is 0 Å². The zero-order valence-electron chi connectivity index (χ0n) is 6.87. The van der Waals surface area contributed by atoms with Gasteiger partial charge in [0.2, 0.25) is 5.91 Å². The zero-order valence-corrected chi connectivity index (χ0v) is 6.87. The van der Waals surface area contributed by atoms with Crippen molar-refractivity contribution in [2.24, 2.45) is 0 Å². The van der Waals surface area contributed by atoms with Crippen LogP contribution in [0.25, 0.3) is 0 Å². The molecule has 5 heteroatoms. The number of hydrogen-bond donors (Lipinski definition) is 3. The maximum atomic E-state index is 11.2. The first-order valence-electron chi connectivity index (χ1n) is 4.14. The Hall–Kier alpha value is -0.910. The number of fused-ring (bicyclic) bond motifs is 1. The van der Waals surface area contributed by atoms with Gasteiger partial charge in [-0.15, -0.1) is 0 Å². The Balaban J connectivity index is 2.29. The van der Waals surface area contributed by atoms with Crippen LogP contribution < -0.4 is 0 Å². The fraction of sp³-hybridized carbons (Fsp3) is 0.625. The van der Waals surface area contributed by atoms with Crippen LogP contribution in [0, 0.1) is 0 Å². The summed E-state index contributed by atoms with van der Waals surface area (Å²) in [5.41, 5.74) is 0. The highest BCUT2D eigenvalue weighted by molar-refractivity contribution is 5.89. The number of nitrogens with zero attached hydrogens (tertiary/aromatic N) is 1. The van der Waals surface area contributed by atoms with E-state index in [9.17, 15) is 20.1 Å². The lowest BCUT2D eigenvalue weighted by atomic mass is 10.0. The van der Waals surface area contributed by atoms with E-state index in [1.165, 1.54) is 17.1 Å². The SMILES string of the molecule is O=C1C=C[C@@H](O)[C@@H]2[C@H](O)[C@@H](O)CN12. The first-order chi connectivity index (χ1) is 6.11. The van der Waals surface area contributed by atoms with E-state index in [2.05, 4.69) is 0 Å². The van der Waals surface area contributed by atoms with E-state index in [1.807, 2.05) is 0 Å². The van der Waals surface area contributed by atoms with E-state index in [4.69, 9.17) is 0 Å². The smallest absolute Gasteiger partial charge is 0.246 e. The van der Waals surface area contributed by atoms with Crippen LogP contribution in [-0.4, -0.2) is 57.0 Å². The number of aliphatic hydroxyl groups excluding tert-OH is 3. The molecule has 0 aromatic carbocycles. The minimum Gasteiger partial charge on any atom is -0.388 e. The number of amides is 1. The van der Waals surface area contributed by atoms with Crippen molar-refractivity contribution in [2.75, 3.05) is 6.54 Å². The highest BCUT2D eigenvalue weighted by Gasteiger charge is 2.46. The summed E-state index contributed by atoms with van der Waals surface area (Å²) >= 11 is 0. The van der Waals surface area contributed by atoms with Crippen molar-refractivity contribution in [3.05, 3.63) is 12.2 Å². The molecule has 0 aliphatic carbocycles. The van der Waals surface area contributed by atoms with Gasteiger partial charge in [0.1, 0.15) is 6.10 Å². The first-order valence-corrected chi connectivity index (χ1v) is 4.14. The third kappa shape index (κ3) is 1.16. The number of hydrogen-bond acceptors (Lipinski definition) is 4. The van der Waals surface area contributed by atoms with Gasteiger partial charge in [0.05, 0.1) is 24.8 Å². The van der Waals surface area contributed by atoms with Gasteiger partial charge in [-0.3, -0.25) is 4.79 Å². The Morgan fingerprint density at radius 2 is 2.08 bits per heavy atom. The van der Waals surface area contributed by atoms with Gasteiger partial charge >= 0.3 is 0 Å². The van der Waals surface area contributed by atoms with Gasteiger partial charge in [-0.2, -0.15) is 0 Å². The third-order valence-electron chi connectivity index (χ3n) is 2.56. The topological polar surface area (TPSA) is 81.0 Å². The van der Waals surface area contributed by atoms with Crippen LogP contribution >= 0.6 is 0 Å². The molecule has 0 bridgehead atoms. The van der Waals surface area contributed by atoms with Crippen molar-refractivity contribution < 1.29 is 20.1 Å². The van der Waals surface area contributed by atoms with Crippen molar-refractivity contribution >= 4 is 5.91 Å². The van der Waals surface area contributed by atoms with Crippen LogP contribution in [0.3, 0.4) is 0 Å². The molecule has 2 aliphatic rings. The minimum atomic E-state index is -1.05. The van der Waals surface area contributed by atoms with Crippen molar-refractivity contribution in [3.63, 3.8) is 0 Å². The van der Waals surface area contributed by atoms with E-state index in [0.717, 1.165) is 0 Å². The molecular formula is C8H11NO4. The molecule has 0 radical (unpaired) electrons. The second-order valence-corrected chi connectivity index (χ2v) is 3.39. The van der Waals surface area contributed by atoms with Crippen LogP contribution in [0.5, 0.6) is 0 Å². The highest BCUT2D eigenvalue weighted by Crippen LogP contribution is 2.25. The molecule has 1 amide bonds. The molecule has 3 N–H and O–H groups in total. The fourth-order valence-corrected chi connectivity index (χ4v) is 1.86. The summed E-state index contributed by atoms with van der Waals surface area (Å²) in [6.45, 7) is 0.0894. The van der Waals surface area contributed by atoms with Crippen molar-refractivity contribution in [2.45, 2.75) is 24.4 Å². The summed E-state index contributed by atoms with van der Waals surface area (Å²) in [6, 6.07) is -0.688. The largest absolute Gasteiger partial charge is 0.388 e. The number of rotatable bonds is 0. The predicted molar refractivity (Wildman–Crippen MR) is 42.7 cm³/mol. The van der Waals surface area contributed by atoms with E-state index in [-0.39, 0.29) is 12.5 Å².